The van der Waals surface area contributed by atoms with Crippen molar-refractivity contribution in [3.05, 3.63) is 48.0 Å². The summed E-state index contributed by atoms with van der Waals surface area (Å²) in [6.45, 7) is 4.01. The van der Waals surface area contributed by atoms with E-state index in [9.17, 15) is 14.7 Å². The fourth-order valence-corrected chi connectivity index (χ4v) is 1.56. The number of carbonyl (C=O) groups excluding carboxylic acids is 2. The monoisotopic (exact) mass is 285 g/mol. The molecular weight excluding hydrogens is 269 g/mol. The van der Waals surface area contributed by atoms with Crippen molar-refractivity contribution in [3.63, 3.8) is 0 Å². The molecule has 1 atom stereocenters. The van der Waals surface area contributed by atoms with Crippen LogP contribution in [0.3, 0.4) is 0 Å². The largest absolute Gasteiger partial charge is 1.00 e. The molecule has 5 nitrogen and oxygen atoms in total. The molecule has 1 aromatic carbocycles. The number of nitrogens with one attached hydrogen (secondary N) is 1. The zero-order valence-electron chi connectivity index (χ0n) is 11.7. The van der Waals surface area contributed by atoms with Crippen LogP contribution in [0.2, 0.25) is 0 Å². The van der Waals surface area contributed by atoms with Gasteiger partial charge in [-0.1, -0.05) is 30.3 Å². The smallest absolute Gasteiger partial charge is 0.550 e. The first-order valence-electron chi connectivity index (χ1n) is 5.78. The number of carboxylic acid groups (broad SMARTS) is 1. The molecule has 20 heavy (non-hydrogen) atoms. The molecule has 0 heterocycles. The van der Waals surface area contributed by atoms with Crippen molar-refractivity contribution in [2.24, 2.45) is 0 Å². The van der Waals surface area contributed by atoms with E-state index in [-0.39, 0.29) is 36.0 Å². The topological polar surface area (TPSA) is 78.5 Å². The number of methoxy groups -OCH3 is 1. The van der Waals surface area contributed by atoms with E-state index in [2.05, 4.69) is 16.6 Å². The minimum Gasteiger partial charge on any atom is -0.550 e. The van der Waals surface area contributed by atoms with E-state index in [1.165, 1.54) is 13.2 Å². The first kappa shape index (κ1) is 18.9. The average molecular weight is 285 g/mol. The second kappa shape index (κ2) is 9.72. The van der Waals surface area contributed by atoms with E-state index in [0.29, 0.717) is 12.1 Å². The summed E-state index contributed by atoms with van der Waals surface area (Å²) in [7, 11) is 1.31. The average Bonchev–Trinajstić information content (AvgIpc) is 2.40. The van der Waals surface area contributed by atoms with E-state index in [0.717, 1.165) is 5.56 Å². The van der Waals surface area contributed by atoms with Gasteiger partial charge in [-0.3, -0.25) is 10.1 Å². The van der Waals surface area contributed by atoms with Gasteiger partial charge >= 0.3 is 35.5 Å². The van der Waals surface area contributed by atoms with E-state index in [4.69, 9.17) is 0 Å². The van der Waals surface area contributed by atoms with Crippen LogP contribution in [0.15, 0.2) is 36.9 Å². The molecule has 0 aliphatic heterocycles. The molecule has 0 spiro atoms. The molecule has 0 amide bonds. The Hall–Kier alpha value is -1.14. The Labute approximate surface area is 140 Å². The summed E-state index contributed by atoms with van der Waals surface area (Å²) in [4.78, 5) is 21.7. The standard InChI is InChI=1S/C14H17NO4.Na/c1-3-12(14(18)19-2)15-9-11-6-4-10(5-7-11)8-13(16)17;/h3-7,12,15H,1,8-9H2,2H3,(H,16,17);/q;+1/p-1. The number of ether oxygens (including phenoxy) is 1. The van der Waals surface area contributed by atoms with Crippen molar-refractivity contribution in [1.82, 2.24) is 5.32 Å². The first-order chi connectivity index (χ1) is 9.06. The molecule has 0 aliphatic carbocycles. The maximum Gasteiger partial charge on any atom is 1.00 e. The van der Waals surface area contributed by atoms with Gasteiger partial charge in [0.2, 0.25) is 0 Å². The van der Waals surface area contributed by atoms with Gasteiger partial charge in [-0.2, -0.15) is 0 Å². The summed E-state index contributed by atoms with van der Waals surface area (Å²) in [5.74, 6) is -1.51. The van der Waals surface area contributed by atoms with E-state index in [1.807, 2.05) is 0 Å². The molecule has 1 aromatic rings. The van der Waals surface area contributed by atoms with Gasteiger partial charge in [-0.15, -0.1) is 6.58 Å². The first-order valence-corrected chi connectivity index (χ1v) is 5.78. The van der Waals surface area contributed by atoms with Gasteiger partial charge in [-0.05, 0) is 11.1 Å². The van der Waals surface area contributed by atoms with Gasteiger partial charge in [0.1, 0.15) is 6.04 Å². The second-order valence-corrected chi connectivity index (χ2v) is 3.98. The number of aliphatic carboxylic acids is 1. The van der Waals surface area contributed by atoms with Gasteiger partial charge in [0.05, 0.1) is 7.11 Å². The third kappa shape index (κ3) is 6.34. The van der Waals surface area contributed by atoms with E-state index < -0.39 is 18.0 Å². The Bertz CT molecular complexity index is 459. The van der Waals surface area contributed by atoms with Crippen LogP contribution in [0.5, 0.6) is 0 Å². The van der Waals surface area contributed by atoms with Crippen molar-refractivity contribution in [3.8, 4) is 0 Å². The number of hydrogen-bond donors (Lipinski definition) is 1. The Morgan fingerprint density at radius 3 is 2.35 bits per heavy atom. The van der Waals surface area contributed by atoms with Crippen LogP contribution in [-0.2, 0) is 27.3 Å². The molecular formula is C14H16NNaO4. The number of esters is 1. The van der Waals surface area contributed by atoms with Crippen LogP contribution < -0.4 is 40.0 Å². The minimum absolute atomic E-state index is 0. The van der Waals surface area contributed by atoms with Crippen molar-refractivity contribution in [2.75, 3.05) is 7.11 Å². The molecule has 0 saturated carbocycles. The number of carbonyl (C=O) groups is 2. The molecule has 0 saturated heterocycles. The van der Waals surface area contributed by atoms with E-state index in [1.54, 1.807) is 24.3 Å². The van der Waals surface area contributed by atoms with Crippen molar-refractivity contribution < 1.29 is 49.0 Å². The molecule has 0 radical (unpaired) electrons. The molecule has 1 rings (SSSR count). The Kier molecular flexibility index (Phi) is 9.16. The van der Waals surface area contributed by atoms with Gasteiger partial charge < -0.3 is 14.6 Å². The van der Waals surface area contributed by atoms with Gasteiger partial charge in [0.15, 0.2) is 0 Å². The summed E-state index contributed by atoms with van der Waals surface area (Å²) < 4.78 is 4.61. The second-order valence-electron chi connectivity index (χ2n) is 3.98. The SMILES string of the molecule is C=CC(NCc1ccc(CC(=O)[O-])cc1)C(=O)OC.[Na+]. The van der Waals surface area contributed by atoms with Crippen LogP contribution >= 0.6 is 0 Å². The fourth-order valence-electron chi connectivity index (χ4n) is 1.56. The van der Waals surface area contributed by atoms with Crippen LogP contribution in [0.1, 0.15) is 11.1 Å². The summed E-state index contributed by atoms with van der Waals surface area (Å²) in [5, 5.41) is 13.4. The predicted molar refractivity (Wildman–Crippen MR) is 68.0 cm³/mol. The third-order valence-corrected chi connectivity index (χ3v) is 2.59. The maximum absolute atomic E-state index is 11.3. The van der Waals surface area contributed by atoms with Crippen LogP contribution in [0.25, 0.3) is 0 Å². The molecule has 0 aliphatic rings. The summed E-state index contributed by atoms with van der Waals surface area (Å²) in [5.41, 5.74) is 1.61. The Morgan fingerprint density at radius 1 is 1.35 bits per heavy atom. The van der Waals surface area contributed by atoms with Gasteiger partial charge in [0, 0.05) is 18.9 Å². The zero-order chi connectivity index (χ0) is 14.3. The van der Waals surface area contributed by atoms with Crippen molar-refractivity contribution in [2.45, 2.75) is 19.0 Å². The van der Waals surface area contributed by atoms with Crippen LogP contribution in [0.4, 0.5) is 0 Å². The molecule has 0 aromatic heterocycles. The summed E-state index contributed by atoms with van der Waals surface area (Å²) in [6.07, 6.45) is 1.36. The number of rotatable bonds is 7. The quantitative estimate of drug-likeness (QED) is 0.324. The summed E-state index contributed by atoms with van der Waals surface area (Å²) >= 11 is 0. The van der Waals surface area contributed by atoms with E-state index >= 15 is 0 Å². The summed E-state index contributed by atoms with van der Waals surface area (Å²) in [6, 6.07) is 6.46. The molecule has 6 heteroatoms. The van der Waals surface area contributed by atoms with Crippen LogP contribution in [0, 0.1) is 0 Å². The Balaban J connectivity index is 0.00000361. The Morgan fingerprint density at radius 2 is 1.90 bits per heavy atom. The number of benzene rings is 1. The molecule has 0 bridgehead atoms. The predicted octanol–water partition coefficient (Wildman–Crippen LogP) is -3.20. The molecule has 102 valence electrons. The third-order valence-electron chi connectivity index (χ3n) is 2.59. The molecule has 0 fully saturated rings. The van der Waals surface area contributed by atoms with Gasteiger partial charge in [-0.25, -0.2) is 0 Å². The normalized spacial score (nSPS) is 11.1. The molecule has 1 N–H and O–H groups in total. The van der Waals surface area contributed by atoms with Gasteiger partial charge in [0.25, 0.3) is 0 Å². The number of carboxylic acids is 1. The number of hydrogen-bond acceptors (Lipinski definition) is 5. The van der Waals surface area contributed by atoms with Crippen LogP contribution in [-0.4, -0.2) is 25.1 Å². The fraction of sp³-hybridized carbons (Fsp3) is 0.286. The van der Waals surface area contributed by atoms with Crippen molar-refractivity contribution in [1.29, 1.82) is 0 Å². The molecule has 1 unspecified atom stereocenters. The zero-order valence-corrected chi connectivity index (χ0v) is 13.7. The van der Waals surface area contributed by atoms with Crippen molar-refractivity contribution >= 4 is 11.9 Å². The maximum atomic E-state index is 11.3. The minimum atomic E-state index is -1.11.